The smallest absolute Gasteiger partial charge is 0.185 e. The Kier molecular flexibility index (Phi) is 3.44. The third kappa shape index (κ3) is 2.95. The van der Waals surface area contributed by atoms with E-state index in [-0.39, 0.29) is 0 Å². The summed E-state index contributed by atoms with van der Waals surface area (Å²) in [5, 5.41) is 3.86. The molecule has 1 saturated carbocycles. The Morgan fingerprint density at radius 1 is 1.50 bits per heavy atom. The minimum absolute atomic E-state index is 0.489. The summed E-state index contributed by atoms with van der Waals surface area (Å²) >= 11 is 13.0. The molecule has 0 aliphatic heterocycles. The monoisotopic (exact) mass is 248 g/mol. The molecule has 1 aromatic rings. The van der Waals surface area contributed by atoms with E-state index in [2.05, 4.69) is 10.3 Å². The first-order valence-corrected chi connectivity index (χ1v) is 6.04. The second-order valence-corrected chi connectivity index (χ2v) is 5.18. The summed E-state index contributed by atoms with van der Waals surface area (Å²) in [6, 6.07) is 0.736. The van der Waals surface area contributed by atoms with Crippen LogP contribution in [0, 0.1) is 0 Å². The van der Waals surface area contributed by atoms with Crippen molar-refractivity contribution in [2.45, 2.75) is 18.9 Å². The largest absolute Gasteiger partial charge is 0.311 e. The Bertz CT molecular complexity index is 345. The van der Waals surface area contributed by atoms with Gasteiger partial charge >= 0.3 is 0 Å². The molecule has 1 fully saturated rings. The van der Waals surface area contributed by atoms with Crippen molar-refractivity contribution < 1.29 is 0 Å². The molecule has 14 heavy (non-hydrogen) atoms. The summed E-state index contributed by atoms with van der Waals surface area (Å²) < 4.78 is 0.491. The van der Waals surface area contributed by atoms with Crippen LogP contribution in [0.2, 0.25) is 9.62 Å². The highest BCUT2D eigenvalue weighted by molar-refractivity contribution is 7.17. The minimum Gasteiger partial charge on any atom is -0.311 e. The van der Waals surface area contributed by atoms with Crippen LogP contribution in [0.15, 0.2) is 6.08 Å². The molecule has 0 unspecified atom stereocenters. The van der Waals surface area contributed by atoms with Gasteiger partial charge in [0.15, 0.2) is 4.47 Å². The van der Waals surface area contributed by atoms with Crippen molar-refractivity contribution in [3.8, 4) is 0 Å². The number of halogens is 2. The maximum Gasteiger partial charge on any atom is 0.185 e. The molecule has 0 radical (unpaired) electrons. The first-order valence-electron chi connectivity index (χ1n) is 4.47. The Morgan fingerprint density at radius 2 is 2.29 bits per heavy atom. The summed E-state index contributed by atoms with van der Waals surface area (Å²) in [4.78, 5) is 4.84. The molecule has 1 heterocycles. The lowest BCUT2D eigenvalue weighted by molar-refractivity contribution is 0.754. The maximum absolute atomic E-state index is 5.84. The summed E-state index contributed by atoms with van der Waals surface area (Å²) in [5.41, 5.74) is 0. The summed E-state index contributed by atoms with van der Waals surface area (Å²) in [6.07, 6.45) is 6.62. The zero-order valence-electron chi connectivity index (χ0n) is 7.46. The molecule has 0 amide bonds. The van der Waals surface area contributed by atoms with Crippen LogP contribution in [0.3, 0.4) is 0 Å². The van der Waals surface area contributed by atoms with Crippen LogP contribution in [-0.2, 0) is 0 Å². The molecule has 1 aromatic heterocycles. The highest BCUT2D eigenvalue weighted by atomic mass is 35.5. The van der Waals surface area contributed by atoms with Gasteiger partial charge in [0.05, 0.1) is 4.88 Å². The fraction of sp³-hybridized carbons (Fsp3) is 0.444. The molecule has 0 bridgehead atoms. The Labute approximate surface area is 96.9 Å². The van der Waals surface area contributed by atoms with Gasteiger partial charge in [-0.05, 0) is 18.9 Å². The molecular formula is C9H10Cl2N2S. The van der Waals surface area contributed by atoms with E-state index in [1.165, 1.54) is 24.2 Å². The zero-order valence-corrected chi connectivity index (χ0v) is 9.79. The lowest BCUT2D eigenvalue weighted by atomic mass is 10.4. The van der Waals surface area contributed by atoms with Crippen LogP contribution in [-0.4, -0.2) is 17.6 Å². The predicted octanol–water partition coefficient (Wildman–Crippen LogP) is 3.22. The molecule has 0 saturated heterocycles. The maximum atomic E-state index is 5.84. The van der Waals surface area contributed by atoms with E-state index < -0.39 is 0 Å². The third-order valence-corrected chi connectivity index (χ3v) is 3.48. The van der Waals surface area contributed by atoms with Gasteiger partial charge in [-0.2, -0.15) is 0 Å². The van der Waals surface area contributed by atoms with Crippen LogP contribution < -0.4 is 5.32 Å². The second-order valence-electron chi connectivity index (χ2n) is 3.21. The average Bonchev–Trinajstić information content (AvgIpc) is 2.88. The lowest BCUT2D eigenvalue weighted by Crippen LogP contribution is -2.15. The molecule has 5 heteroatoms. The minimum atomic E-state index is 0.489. The van der Waals surface area contributed by atoms with E-state index in [9.17, 15) is 0 Å². The zero-order chi connectivity index (χ0) is 9.97. The number of nitrogens with zero attached hydrogens (tertiary/aromatic N) is 1. The molecule has 1 N–H and O–H groups in total. The summed E-state index contributed by atoms with van der Waals surface area (Å²) in [7, 11) is 0. The van der Waals surface area contributed by atoms with E-state index in [0.717, 1.165) is 17.5 Å². The SMILES string of the molecule is Clc1nc(Cl)c(C=CCNC2CC2)s1. The van der Waals surface area contributed by atoms with Crippen molar-refractivity contribution in [3.05, 3.63) is 20.6 Å². The van der Waals surface area contributed by atoms with E-state index in [4.69, 9.17) is 23.2 Å². The van der Waals surface area contributed by atoms with Gasteiger partial charge in [0.1, 0.15) is 5.15 Å². The second kappa shape index (κ2) is 4.62. The van der Waals surface area contributed by atoms with Gasteiger partial charge in [-0.15, -0.1) is 11.3 Å². The quantitative estimate of drug-likeness (QED) is 0.886. The molecular weight excluding hydrogens is 239 g/mol. The predicted molar refractivity (Wildman–Crippen MR) is 62.2 cm³/mol. The number of hydrogen-bond donors (Lipinski definition) is 1. The van der Waals surface area contributed by atoms with E-state index >= 15 is 0 Å². The molecule has 2 nitrogen and oxygen atoms in total. The van der Waals surface area contributed by atoms with Gasteiger partial charge < -0.3 is 5.32 Å². The van der Waals surface area contributed by atoms with Crippen molar-refractivity contribution in [1.82, 2.24) is 10.3 Å². The molecule has 1 aliphatic rings. The molecule has 0 aromatic carbocycles. The van der Waals surface area contributed by atoms with Crippen LogP contribution in [0.4, 0.5) is 0 Å². The van der Waals surface area contributed by atoms with Crippen LogP contribution in [0.25, 0.3) is 6.08 Å². The normalized spacial score (nSPS) is 16.7. The van der Waals surface area contributed by atoms with Gasteiger partial charge in [-0.1, -0.05) is 29.3 Å². The molecule has 76 valence electrons. The Morgan fingerprint density at radius 3 is 2.86 bits per heavy atom. The van der Waals surface area contributed by atoms with Gasteiger partial charge in [0.25, 0.3) is 0 Å². The number of thiazole rings is 1. The van der Waals surface area contributed by atoms with Crippen LogP contribution in [0.1, 0.15) is 17.7 Å². The van der Waals surface area contributed by atoms with E-state index in [0.29, 0.717) is 9.62 Å². The molecule has 0 atom stereocenters. The Hall–Kier alpha value is -0.0900. The highest BCUT2D eigenvalue weighted by Crippen LogP contribution is 2.27. The van der Waals surface area contributed by atoms with Crippen molar-refractivity contribution >= 4 is 40.6 Å². The molecule has 2 rings (SSSR count). The van der Waals surface area contributed by atoms with Crippen LogP contribution >= 0.6 is 34.5 Å². The molecule has 0 spiro atoms. The standard InChI is InChI=1S/C9H10Cl2N2S/c10-8-7(14-9(11)13-8)2-1-5-12-6-3-4-6/h1-2,6,12H,3-5H2. The Balaban J connectivity index is 1.85. The fourth-order valence-electron chi connectivity index (χ4n) is 1.08. The highest BCUT2D eigenvalue weighted by Gasteiger charge is 2.18. The summed E-state index contributed by atoms with van der Waals surface area (Å²) in [6.45, 7) is 0.885. The van der Waals surface area contributed by atoms with Gasteiger partial charge in [-0.25, -0.2) is 4.98 Å². The van der Waals surface area contributed by atoms with Crippen molar-refractivity contribution in [3.63, 3.8) is 0 Å². The summed E-state index contributed by atoms with van der Waals surface area (Å²) in [5.74, 6) is 0. The molecule has 1 aliphatic carbocycles. The van der Waals surface area contributed by atoms with Crippen molar-refractivity contribution in [2.75, 3.05) is 6.54 Å². The number of nitrogens with one attached hydrogen (secondary N) is 1. The fourth-order valence-corrected chi connectivity index (χ4v) is 2.38. The van der Waals surface area contributed by atoms with Gasteiger partial charge in [-0.3, -0.25) is 0 Å². The van der Waals surface area contributed by atoms with E-state index in [1.807, 2.05) is 12.2 Å². The van der Waals surface area contributed by atoms with Gasteiger partial charge in [0.2, 0.25) is 0 Å². The van der Waals surface area contributed by atoms with Crippen LogP contribution in [0.5, 0.6) is 0 Å². The number of hydrogen-bond acceptors (Lipinski definition) is 3. The first kappa shape index (κ1) is 10.4. The average molecular weight is 249 g/mol. The van der Waals surface area contributed by atoms with Crippen molar-refractivity contribution in [2.24, 2.45) is 0 Å². The topological polar surface area (TPSA) is 24.9 Å². The first-order chi connectivity index (χ1) is 6.75. The lowest BCUT2D eigenvalue weighted by Gasteiger charge is -1.94. The number of aromatic nitrogens is 1. The van der Waals surface area contributed by atoms with Crippen molar-refractivity contribution in [1.29, 1.82) is 0 Å². The third-order valence-electron chi connectivity index (χ3n) is 1.95. The van der Waals surface area contributed by atoms with E-state index in [1.54, 1.807) is 0 Å². The number of rotatable bonds is 4. The van der Waals surface area contributed by atoms with Gasteiger partial charge in [0, 0.05) is 12.6 Å².